The molecule has 1 aromatic heterocycles. The van der Waals surface area contributed by atoms with E-state index in [1.807, 2.05) is 0 Å². The number of benzene rings is 1. The van der Waals surface area contributed by atoms with E-state index in [9.17, 15) is 18.0 Å². The maximum absolute atomic E-state index is 12.8. The second-order valence-electron chi connectivity index (χ2n) is 5.53. The van der Waals surface area contributed by atoms with Crippen LogP contribution >= 0.6 is 0 Å². The second kappa shape index (κ2) is 6.02. The van der Waals surface area contributed by atoms with Crippen LogP contribution in [0.1, 0.15) is 29.6 Å². The van der Waals surface area contributed by atoms with Crippen molar-refractivity contribution in [1.29, 1.82) is 0 Å². The molecule has 0 spiro atoms. The standard InChI is InChI=1S/C15H15F3N4O/c16-15(17,18)10-21(12-4-2-5-12)14(23)11-3-1-6-13(9-11)22-8-7-19-20-22/h1,3,6-9,12H,2,4-5,10H2. The summed E-state index contributed by atoms with van der Waals surface area (Å²) in [6, 6.07) is 6.04. The van der Waals surface area contributed by atoms with Crippen molar-refractivity contribution in [3.05, 3.63) is 42.2 Å². The zero-order chi connectivity index (χ0) is 16.4. The summed E-state index contributed by atoms with van der Waals surface area (Å²) in [6.07, 6.45) is 0.761. The highest BCUT2D eigenvalue weighted by Gasteiger charge is 2.38. The topological polar surface area (TPSA) is 51.0 Å². The number of aromatic nitrogens is 3. The SMILES string of the molecule is O=C(c1cccc(-n2ccnn2)c1)N(CC(F)(F)F)C1CCC1. The van der Waals surface area contributed by atoms with Crippen LogP contribution in [0.3, 0.4) is 0 Å². The first-order valence-corrected chi connectivity index (χ1v) is 7.28. The first kappa shape index (κ1) is 15.5. The van der Waals surface area contributed by atoms with Gasteiger partial charge in [-0.05, 0) is 37.5 Å². The molecule has 1 saturated carbocycles. The fourth-order valence-electron chi connectivity index (χ4n) is 2.55. The van der Waals surface area contributed by atoms with Crippen molar-refractivity contribution < 1.29 is 18.0 Å². The van der Waals surface area contributed by atoms with Gasteiger partial charge in [0.05, 0.1) is 18.1 Å². The maximum Gasteiger partial charge on any atom is 0.406 e. The summed E-state index contributed by atoms with van der Waals surface area (Å²) >= 11 is 0. The largest absolute Gasteiger partial charge is 0.406 e. The number of carbonyl (C=O) groups excluding carboxylic acids is 1. The summed E-state index contributed by atoms with van der Waals surface area (Å²) in [5, 5.41) is 7.49. The smallest absolute Gasteiger partial charge is 0.327 e. The van der Waals surface area contributed by atoms with Crippen molar-refractivity contribution >= 4 is 5.91 Å². The lowest BCUT2D eigenvalue weighted by Crippen LogP contribution is -2.48. The Labute approximate surface area is 130 Å². The molecule has 0 aliphatic heterocycles. The van der Waals surface area contributed by atoms with Crippen LogP contribution in [0.5, 0.6) is 0 Å². The van der Waals surface area contributed by atoms with Crippen LogP contribution in [0.25, 0.3) is 5.69 Å². The molecule has 1 aromatic carbocycles. The highest BCUT2D eigenvalue weighted by molar-refractivity contribution is 5.95. The fraction of sp³-hybridized carbons (Fsp3) is 0.400. The molecular formula is C15H15F3N4O. The van der Waals surface area contributed by atoms with E-state index in [-0.39, 0.29) is 11.6 Å². The van der Waals surface area contributed by atoms with E-state index in [1.54, 1.807) is 18.3 Å². The van der Waals surface area contributed by atoms with E-state index in [0.29, 0.717) is 18.5 Å². The summed E-state index contributed by atoms with van der Waals surface area (Å²) in [5.74, 6) is -0.603. The molecule has 1 amide bonds. The lowest BCUT2D eigenvalue weighted by atomic mass is 9.91. The number of nitrogens with zero attached hydrogens (tertiary/aromatic N) is 4. The van der Waals surface area contributed by atoms with Gasteiger partial charge in [-0.15, -0.1) is 5.10 Å². The molecule has 1 aliphatic carbocycles. The third-order valence-corrected chi connectivity index (χ3v) is 3.91. The van der Waals surface area contributed by atoms with Gasteiger partial charge in [-0.25, -0.2) is 4.68 Å². The van der Waals surface area contributed by atoms with Crippen LogP contribution in [-0.4, -0.2) is 44.6 Å². The van der Waals surface area contributed by atoms with Crippen molar-refractivity contribution in [3.8, 4) is 5.69 Å². The summed E-state index contributed by atoms with van der Waals surface area (Å²) in [7, 11) is 0. The van der Waals surface area contributed by atoms with E-state index in [0.717, 1.165) is 11.3 Å². The predicted octanol–water partition coefficient (Wildman–Crippen LogP) is 2.82. The quantitative estimate of drug-likeness (QED) is 0.869. The molecule has 0 saturated heterocycles. The molecule has 0 radical (unpaired) electrons. The molecule has 2 aromatic rings. The van der Waals surface area contributed by atoms with Crippen molar-refractivity contribution in [2.75, 3.05) is 6.54 Å². The third-order valence-electron chi connectivity index (χ3n) is 3.91. The van der Waals surface area contributed by atoms with Crippen LogP contribution in [0, 0.1) is 0 Å². The molecule has 122 valence electrons. The molecule has 0 bridgehead atoms. The molecule has 5 nitrogen and oxygen atoms in total. The Morgan fingerprint density at radius 1 is 1.35 bits per heavy atom. The number of alkyl halides is 3. The van der Waals surface area contributed by atoms with E-state index < -0.39 is 18.6 Å². The Bertz CT molecular complexity index is 680. The molecular weight excluding hydrogens is 309 g/mol. The average Bonchev–Trinajstić information content (AvgIpc) is 2.97. The van der Waals surface area contributed by atoms with Crippen LogP contribution in [0.2, 0.25) is 0 Å². The Balaban J connectivity index is 1.86. The summed E-state index contributed by atoms with van der Waals surface area (Å²) < 4.78 is 39.8. The average molecular weight is 324 g/mol. The highest BCUT2D eigenvalue weighted by atomic mass is 19.4. The van der Waals surface area contributed by atoms with E-state index in [2.05, 4.69) is 10.3 Å². The van der Waals surface area contributed by atoms with Gasteiger partial charge in [0.15, 0.2) is 0 Å². The molecule has 1 fully saturated rings. The third kappa shape index (κ3) is 3.52. The van der Waals surface area contributed by atoms with Crippen LogP contribution in [0.15, 0.2) is 36.7 Å². The van der Waals surface area contributed by atoms with Gasteiger partial charge in [0.2, 0.25) is 0 Å². The van der Waals surface area contributed by atoms with Crippen molar-refractivity contribution in [3.63, 3.8) is 0 Å². The van der Waals surface area contributed by atoms with Gasteiger partial charge in [0.1, 0.15) is 6.54 Å². The molecule has 23 heavy (non-hydrogen) atoms. The monoisotopic (exact) mass is 324 g/mol. The fourth-order valence-corrected chi connectivity index (χ4v) is 2.55. The molecule has 0 unspecified atom stereocenters. The first-order valence-electron chi connectivity index (χ1n) is 7.28. The van der Waals surface area contributed by atoms with Gasteiger partial charge in [0, 0.05) is 11.6 Å². The highest BCUT2D eigenvalue weighted by Crippen LogP contribution is 2.29. The van der Waals surface area contributed by atoms with Crippen molar-refractivity contribution in [1.82, 2.24) is 19.9 Å². The van der Waals surface area contributed by atoms with E-state index >= 15 is 0 Å². The maximum atomic E-state index is 12.8. The molecule has 3 rings (SSSR count). The molecule has 8 heteroatoms. The summed E-state index contributed by atoms with van der Waals surface area (Å²) in [6.45, 7) is -1.22. The molecule has 0 N–H and O–H groups in total. The minimum atomic E-state index is -4.41. The summed E-state index contributed by atoms with van der Waals surface area (Å²) in [5.41, 5.74) is 0.795. The Morgan fingerprint density at radius 3 is 2.70 bits per heavy atom. The number of amides is 1. The van der Waals surface area contributed by atoms with Crippen molar-refractivity contribution in [2.24, 2.45) is 0 Å². The van der Waals surface area contributed by atoms with E-state index in [4.69, 9.17) is 0 Å². The minimum absolute atomic E-state index is 0.217. The molecule has 0 atom stereocenters. The second-order valence-corrected chi connectivity index (χ2v) is 5.53. The lowest BCUT2D eigenvalue weighted by Gasteiger charge is -2.38. The number of hydrogen-bond donors (Lipinski definition) is 0. The number of rotatable bonds is 4. The van der Waals surface area contributed by atoms with E-state index in [1.165, 1.54) is 23.0 Å². The minimum Gasteiger partial charge on any atom is -0.327 e. The van der Waals surface area contributed by atoms with Gasteiger partial charge in [-0.1, -0.05) is 11.3 Å². The van der Waals surface area contributed by atoms with Crippen molar-refractivity contribution in [2.45, 2.75) is 31.5 Å². The normalized spacial score (nSPS) is 15.3. The lowest BCUT2D eigenvalue weighted by molar-refractivity contribution is -0.147. The van der Waals surface area contributed by atoms with Gasteiger partial charge < -0.3 is 4.90 Å². The molecule has 1 aliphatic rings. The van der Waals surface area contributed by atoms with Crippen LogP contribution < -0.4 is 0 Å². The Hall–Kier alpha value is -2.38. The van der Waals surface area contributed by atoms with Crippen LogP contribution in [-0.2, 0) is 0 Å². The zero-order valence-electron chi connectivity index (χ0n) is 12.2. The van der Waals surface area contributed by atoms with Crippen LogP contribution in [0.4, 0.5) is 13.2 Å². The number of hydrogen-bond acceptors (Lipinski definition) is 3. The van der Waals surface area contributed by atoms with Gasteiger partial charge in [-0.3, -0.25) is 4.79 Å². The Kier molecular flexibility index (Phi) is 4.06. The predicted molar refractivity (Wildman–Crippen MR) is 76.1 cm³/mol. The number of halogens is 3. The van der Waals surface area contributed by atoms with Gasteiger partial charge in [-0.2, -0.15) is 13.2 Å². The molecule has 1 heterocycles. The Morgan fingerprint density at radius 2 is 2.13 bits per heavy atom. The first-order chi connectivity index (χ1) is 10.9. The number of carbonyl (C=O) groups is 1. The van der Waals surface area contributed by atoms with Gasteiger partial charge in [0.25, 0.3) is 5.91 Å². The zero-order valence-corrected chi connectivity index (χ0v) is 12.2. The van der Waals surface area contributed by atoms with Gasteiger partial charge >= 0.3 is 6.18 Å². The summed E-state index contributed by atoms with van der Waals surface area (Å²) in [4.78, 5) is 13.5.